The van der Waals surface area contributed by atoms with Crippen LogP contribution in [0.1, 0.15) is 163 Å². The van der Waals surface area contributed by atoms with Crippen LogP contribution in [0.4, 0.5) is 30.6 Å². The number of anilines is 2. The SMILES string of the molecule is C.CC(C)(C)NS(=O)(=O)c1cc(NC(=O)NCc2ccccc2)ccc1-c1cnc(C2=CCC(NC(=O)OC(C)(C)C)CC2)s1.CC(C)(C)NS(=O)(=O)c1cc(NC(=O)NCc2ccccc2)ccc1-c1cnc(C2CCC(NC(=O)OC(C)(C)C)CC2)s1.CO. The van der Waals surface area contributed by atoms with Crippen molar-refractivity contribution in [2.45, 2.75) is 199 Å². The van der Waals surface area contributed by atoms with Gasteiger partial charge in [0, 0.05) is 84.2 Å². The van der Waals surface area contributed by atoms with E-state index in [0.29, 0.717) is 53.3 Å². The summed E-state index contributed by atoms with van der Waals surface area (Å²) in [5.41, 5.74) is 2.11. The van der Waals surface area contributed by atoms with Crippen molar-refractivity contribution in [1.82, 2.24) is 40.7 Å². The van der Waals surface area contributed by atoms with Gasteiger partial charge in [-0.05, 0) is 169 Å². The fraction of sp³-hybridized carbons (Fsp3) is 0.455. The number of aromatic nitrogens is 2. The molecule has 1 atom stereocenters. The van der Waals surface area contributed by atoms with Crippen molar-refractivity contribution in [2.24, 2.45) is 0 Å². The molecule has 6 amide bonds. The number of sulfonamides is 2. The molecule has 21 nitrogen and oxygen atoms in total. The van der Waals surface area contributed by atoms with Gasteiger partial charge in [-0.1, -0.05) is 86.3 Å². The fourth-order valence-corrected chi connectivity index (χ4v) is 15.2. The molecule has 6 aromatic rings. The second-order valence-corrected chi connectivity index (χ2v) is 31.2. The Morgan fingerprint density at radius 3 is 1.41 bits per heavy atom. The van der Waals surface area contributed by atoms with Crippen LogP contribution in [0.15, 0.2) is 125 Å². The molecule has 2 aliphatic rings. The van der Waals surface area contributed by atoms with Gasteiger partial charge in [0.25, 0.3) is 0 Å². The van der Waals surface area contributed by atoms with Crippen molar-refractivity contribution in [3.05, 3.63) is 137 Å². The molecule has 91 heavy (non-hydrogen) atoms. The monoisotopic (exact) mass is 1330 g/mol. The summed E-state index contributed by atoms with van der Waals surface area (Å²) in [6.45, 7) is 22.3. The largest absolute Gasteiger partial charge is 0.444 e. The number of aliphatic hydroxyl groups is 1. The van der Waals surface area contributed by atoms with Gasteiger partial charge in [0.15, 0.2) is 0 Å². The molecule has 2 aliphatic carbocycles. The zero-order valence-corrected chi connectivity index (χ0v) is 56.9. The molecule has 0 bridgehead atoms. The van der Waals surface area contributed by atoms with Crippen molar-refractivity contribution >= 4 is 83.9 Å². The van der Waals surface area contributed by atoms with Crippen molar-refractivity contribution in [2.75, 3.05) is 17.7 Å². The average Bonchev–Trinajstić information content (AvgIpc) is 1.81. The molecule has 0 spiro atoms. The highest BCUT2D eigenvalue weighted by atomic mass is 32.2. The Hall–Kier alpha value is -7.26. The van der Waals surface area contributed by atoms with E-state index in [4.69, 9.17) is 14.6 Å². The normalized spacial score (nSPS) is 16.1. The summed E-state index contributed by atoms with van der Waals surface area (Å²) in [6.07, 6.45) is 10.0. The molecule has 1 unspecified atom stereocenters. The Morgan fingerprint density at radius 2 is 0.989 bits per heavy atom. The summed E-state index contributed by atoms with van der Waals surface area (Å²) < 4.78 is 70.6. The molecule has 0 radical (unpaired) electrons. The van der Waals surface area contributed by atoms with E-state index in [2.05, 4.69) is 57.4 Å². The lowest BCUT2D eigenvalue weighted by Gasteiger charge is -2.29. The molecule has 1 fully saturated rings. The van der Waals surface area contributed by atoms with Gasteiger partial charge in [-0.3, -0.25) is 0 Å². The minimum Gasteiger partial charge on any atom is -0.444 e. The van der Waals surface area contributed by atoms with Crippen LogP contribution in [0.25, 0.3) is 26.5 Å². The van der Waals surface area contributed by atoms with Gasteiger partial charge >= 0.3 is 24.2 Å². The number of ether oxygens (including phenoxy) is 2. The lowest BCUT2D eigenvalue weighted by Crippen LogP contribution is -2.40. The number of allylic oxidation sites excluding steroid dienone is 1. The van der Waals surface area contributed by atoms with E-state index in [-0.39, 0.29) is 35.2 Å². The van der Waals surface area contributed by atoms with E-state index >= 15 is 0 Å². The van der Waals surface area contributed by atoms with Crippen LogP contribution in [0, 0.1) is 0 Å². The number of carbonyl (C=O) groups excluding carboxylic acids is 4. The smallest absolute Gasteiger partial charge is 0.407 e. The summed E-state index contributed by atoms with van der Waals surface area (Å²) in [5.74, 6) is 0.215. The van der Waals surface area contributed by atoms with Crippen LogP contribution >= 0.6 is 22.7 Å². The quantitative estimate of drug-likeness (QED) is 0.0436. The van der Waals surface area contributed by atoms with Gasteiger partial charge in [0.2, 0.25) is 20.0 Å². The Labute approximate surface area is 545 Å². The molecule has 4 aromatic carbocycles. The first kappa shape index (κ1) is 74.5. The molecule has 0 aliphatic heterocycles. The number of amides is 6. The number of hydrogen-bond acceptors (Lipinski definition) is 15. The van der Waals surface area contributed by atoms with E-state index in [1.165, 1.54) is 34.8 Å². The summed E-state index contributed by atoms with van der Waals surface area (Å²) in [4.78, 5) is 60.4. The second kappa shape index (κ2) is 32.3. The summed E-state index contributed by atoms with van der Waals surface area (Å²) >= 11 is 2.88. The van der Waals surface area contributed by atoms with E-state index < -0.39 is 66.6 Å². The zero-order chi connectivity index (χ0) is 66.2. The van der Waals surface area contributed by atoms with Crippen LogP contribution in [-0.2, 0) is 42.6 Å². The second-order valence-electron chi connectivity index (χ2n) is 25.9. The van der Waals surface area contributed by atoms with Crippen molar-refractivity contribution < 1.29 is 50.6 Å². The number of rotatable bonds is 16. The molecule has 25 heteroatoms. The first-order valence-electron chi connectivity index (χ1n) is 29.7. The summed E-state index contributed by atoms with van der Waals surface area (Å²) in [6, 6.07) is 27.9. The number of urea groups is 2. The standard InChI is InChI=1S/C32H43N5O5S2.C32H41N5O5S2.CH4O.CH4/c2*1-31(2,3)37-44(40,41)27-18-24(35-29(38)34-19-21-10-8-7-9-11-21)16-17-25(27)26-20-33-28(43-26)22-12-14-23(15-13-22)36-30(39)42-32(4,5)6;1-2;/h7-11,16-18,20,22-23,37H,12-15,19H2,1-6H3,(H,36,39)(H2,34,35,38);7-12,16-18,20,23,37H,13-15,19H2,1-6H3,(H,36,39)(H2,34,35,38);2H,1H3;1H4. The Morgan fingerprint density at radius 1 is 0.560 bits per heavy atom. The van der Waals surface area contributed by atoms with Crippen LogP contribution in [-0.4, -0.2) is 97.6 Å². The fourth-order valence-electron chi connectivity index (χ4n) is 9.62. The molecule has 8 rings (SSSR count). The number of thiazole rings is 2. The Balaban J connectivity index is 0.000000318. The van der Waals surface area contributed by atoms with E-state index in [1.807, 2.05) is 102 Å². The van der Waals surface area contributed by atoms with Crippen LogP contribution in [0.3, 0.4) is 0 Å². The molecule has 0 saturated heterocycles. The molecule has 1 saturated carbocycles. The summed E-state index contributed by atoms with van der Waals surface area (Å²) in [5, 5.41) is 25.7. The van der Waals surface area contributed by atoms with Crippen molar-refractivity contribution in [1.29, 1.82) is 0 Å². The number of nitrogens with zero attached hydrogens (tertiary/aromatic N) is 2. The van der Waals surface area contributed by atoms with Gasteiger partial charge in [-0.2, -0.15) is 0 Å². The first-order valence-corrected chi connectivity index (χ1v) is 34.3. The van der Waals surface area contributed by atoms with Crippen molar-refractivity contribution in [3.63, 3.8) is 0 Å². The van der Waals surface area contributed by atoms with Gasteiger partial charge in [0.1, 0.15) is 16.2 Å². The Kier molecular flexibility index (Phi) is 26.5. The number of aliphatic hydroxyl groups excluding tert-OH is 1. The Bertz CT molecular complexity index is 3650. The number of nitrogens with one attached hydrogen (secondary N) is 8. The highest BCUT2D eigenvalue weighted by Gasteiger charge is 2.32. The maximum Gasteiger partial charge on any atom is 0.407 e. The summed E-state index contributed by atoms with van der Waals surface area (Å²) in [7, 11) is -6.92. The molecule has 9 N–H and O–H groups in total. The molecule has 496 valence electrons. The lowest BCUT2D eigenvalue weighted by atomic mass is 9.86. The molecular weight excluding hydrogens is 1240 g/mol. The minimum atomic E-state index is -3.97. The third-order valence-corrected chi connectivity index (χ3v) is 19.2. The number of benzene rings is 4. The van der Waals surface area contributed by atoms with Gasteiger partial charge in [-0.25, -0.2) is 55.4 Å². The van der Waals surface area contributed by atoms with E-state index in [9.17, 15) is 36.0 Å². The minimum absolute atomic E-state index is 0. The van der Waals surface area contributed by atoms with E-state index in [1.54, 1.807) is 78.2 Å². The van der Waals surface area contributed by atoms with E-state index in [0.717, 1.165) is 70.8 Å². The average molecular weight is 1330 g/mol. The molecule has 2 aromatic heterocycles. The third-order valence-electron chi connectivity index (χ3n) is 13.3. The number of alkyl carbamates (subject to hydrolysis) is 2. The van der Waals surface area contributed by atoms with Crippen LogP contribution in [0.2, 0.25) is 0 Å². The predicted molar refractivity (Wildman–Crippen MR) is 364 cm³/mol. The predicted octanol–water partition coefficient (Wildman–Crippen LogP) is 13.7. The third kappa shape index (κ3) is 24.4. The number of hydrogen-bond donors (Lipinski definition) is 9. The number of carbonyl (C=O) groups is 4. The maximum absolute atomic E-state index is 13.6. The zero-order valence-electron chi connectivity index (χ0n) is 53.6. The van der Waals surface area contributed by atoms with Crippen molar-refractivity contribution in [3.8, 4) is 20.9 Å². The topological polar surface area (TPSA) is 297 Å². The van der Waals surface area contributed by atoms with Crippen LogP contribution in [0.5, 0.6) is 0 Å². The molecular formula is C66H92N10O11S4. The van der Waals surface area contributed by atoms with Gasteiger partial charge in [-0.15, -0.1) is 22.7 Å². The maximum atomic E-state index is 13.6. The van der Waals surface area contributed by atoms with Gasteiger partial charge < -0.3 is 46.5 Å². The van der Waals surface area contributed by atoms with Gasteiger partial charge in [0.05, 0.1) is 24.6 Å². The molecule has 2 heterocycles. The first-order chi connectivity index (χ1) is 42.2. The lowest BCUT2D eigenvalue weighted by molar-refractivity contribution is 0.0483. The highest BCUT2D eigenvalue weighted by Crippen LogP contribution is 2.41. The van der Waals surface area contributed by atoms with Crippen LogP contribution < -0.4 is 41.3 Å². The highest BCUT2D eigenvalue weighted by molar-refractivity contribution is 7.90.